The molecule has 2 bridgehead atoms. The maximum absolute atomic E-state index is 5.41. The Morgan fingerprint density at radius 2 is 2.12 bits per heavy atom. The van der Waals surface area contributed by atoms with Crippen LogP contribution in [0.1, 0.15) is 32.1 Å². The summed E-state index contributed by atoms with van der Waals surface area (Å²) in [6, 6.07) is 0.716. The molecule has 0 aromatic heterocycles. The van der Waals surface area contributed by atoms with Crippen molar-refractivity contribution >= 4 is 0 Å². The first-order valence-electron chi connectivity index (χ1n) is 6.79. The van der Waals surface area contributed by atoms with Gasteiger partial charge in [-0.2, -0.15) is 0 Å². The average Bonchev–Trinajstić information content (AvgIpc) is 3.02. The van der Waals surface area contributed by atoms with Crippen molar-refractivity contribution in [1.82, 2.24) is 5.32 Å². The van der Waals surface area contributed by atoms with Crippen molar-refractivity contribution in [1.29, 1.82) is 0 Å². The molecule has 5 unspecified atom stereocenters. The van der Waals surface area contributed by atoms with Crippen LogP contribution in [0.3, 0.4) is 0 Å². The van der Waals surface area contributed by atoms with Gasteiger partial charge in [0.25, 0.3) is 0 Å². The quantitative estimate of drug-likeness (QED) is 0.736. The Balaban J connectivity index is 1.42. The summed E-state index contributed by atoms with van der Waals surface area (Å²) in [6.45, 7) is 1.23. The normalized spacial score (nSPS) is 45.7. The fraction of sp³-hybridized carbons (Fsp3) is 0.857. The molecule has 0 aromatic carbocycles. The molecule has 3 aliphatic rings. The van der Waals surface area contributed by atoms with E-state index in [1.165, 1.54) is 38.6 Å². The van der Waals surface area contributed by atoms with Crippen LogP contribution in [0.4, 0.5) is 0 Å². The smallest absolute Gasteiger partial charge is 0.0586 e. The largest absolute Gasteiger partial charge is 0.381 e. The van der Waals surface area contributed by atoms with Crippen molar-refractivity contribution < 1.29 is 4.74 Å². The number of methoxy groups -OCH3 is 1. The van der Waals surface area contributed by atoms with Crippen LogP contribution in [0.15, 0.2) is 12.2 Å². The highest BCUT2D eigenvalue weighted by Gasteiger charge is 2.35. The molecule has 0 spiro atoms. The predicted octanol–water partition coefficient (Wildman–Crippen LogP) is 2.36. The third kappa shape index (κ3) is 2.05. The van der Waals surface area contributed by atoms with Gasteiger partial charge in [0.2, 0.25) is 0 Å². The summed E-state index contributed by atoms with van der Waals surface area (Å²) in [5.41, 5.74) is 0. The molecule has 0 aromatic rings. The number of nitrogens with one attached hydrogen (secondary N) is 1. The van der Waals surface area contributed by atoms with Gasteiger partial charge in [0, 0.05) is 13.2 Å². The summed E-state index contributed by atoms with van der Waals surface area (Å²) in [5.74, 6) is 2.71. The molecule has 90 valence electrons. The van der Waals surface area contributed by atoms with Crippen LogP contribution < -0.4 is 5.32 Å². The zero-order valence-corrected chi connectivity index (χ0v) is 10.2. The minimum absolute atomic E-state index is 0.512. The van der Waals surface area contributed by atoms with Crippen LogP contribution in [0.25, 0.3) is 0 Å². The number of hydrogen-bond acceptors (Lipinski definition) is 2. The Kier molecular flexibility index (Phi) is 3.03. The third-order valence-corrected chi connectivity index (χ3v) is 4.80. The lowest BCUT2D eigenvalue weighted by molar-refractivity contribution is 0.106. The Labute approximate surface area is 98.4 Å². The SMILES string of the molecule is COC1CCC(NCC2CC3C=CC2C3)C1. The zero-order chi connectivity index (χ0) is 11.0. The molecule has 2 fully saturated rings. The molecule has 16 heavy (non-hydrogen) atoms. The number of fused-ring (bicyclic) bond motifs is 2. The van der Waals surface area contributed by atoms with Crippen molar-refractivity contribution in [3.63, 3.8) is 0 Å². The second kappa shape index (κ2) is 4.50. The van der Waals surface area contributed by atoms with E-state index in [2.05, 4.69) is 17.5 Å². The van der Waals surface area contributed by atoms with Gasteiger partial charge in [0.1, 0.15) is 0 Å². The minimum Gasteiger partial charge on any atom is -0.381 e. The van der Waals surface area contributed by atoms with E-state index in [1.807, 2.05) is 7.11 Å². The van der Waals surface area contributed by atoms with E-state index in [4.69, 9.17) is 4.74 Å². The van der Waals surface area contributed by atoms with Crippen molar-refractivity contribution in [3.05, 3.63) is 12.2 Å². The van der Waals surface area contributed by atoms with Crippen molar-refractivity contribution in [2.45, 2.75) is 44.2 Å². The first-order valence-corrected chi connectivity index (χ1v) is 6.79. The molecule has 2 nitrogen and oxygen atoms in total. The highest BCUT2D eigenvalue weighted by molar-refractivity contribution is 5.10. The topological polar surface area (TPSA) is 21.3 Å². The maximum Gasteiger partial charge on any atom is 0.0586 e. The molecular formula is C14H23NO. The van der Waals surface area contributed by atoms with Gasteiger partial charge in [-0.15, -0.1) is 0 Å². The number of hydrogen-bond donors (Lipinski definition) is 1. The third-order valence-electron chi connectivity index (χ3n) is 4.80. The van der Waals surface area contributed by atoms with Crippen molar-refractivity contribution in [3.8, 4) is 0 Å². The second-order valence-electron chi connectivity index (χ2n) is 5.82. The summed E-state index contributed by atoms with van der Waals surface area (Å²) in [6.07, 6.45) is 12.0. The fourth-order valence-corrected chi connectivity index (χ4v) is 3.79. The Morgan fingerprint density at radius 1 is 1.19 bits per heavy atom. The Morgan fingerprint density at radius 3 is 2.75 bits per heavy atom. The number of allylic oxidation sites excluding steroid dienone is 2. The average molecular weight is 221 g/mol. The Bertz CT molecular complexity index is 276. The molecule has 2 heteroatoms. The van der Waals surface area contributed by atoms with E-state index < -0.39 is 0 Å². The van der Waals surface area contributed by atoms with E-state index >= 15 is 0 Å². The molecule has 1 N–H and O–H groups in total. The van der Waals surface area contributed by atoms with Crippen molar-refractivity contribution in [2.24, 2.45) is 17.8 Å². The molecule has 0 amide bonds. The van der Waals surface area contributed by atoms with Gasteiger partial charge in [-0.1, -0.05) is 12.2 Å². The van der Waals surface area contributed by atoms with Crippen LogP contribution in [-0.2, 0) is 4.74 Å². The number of rotatable bonds is 4. The van der Waals surface area contributed by atoms with Crippen LogP contribution >= 0.6 is 0 Å². The lowest BCUT2D eigenvalue weighted by Crippen LogP contribution is -2.33. The van der Waals surface area contributed by atoms with Crippen LogP contribution in [0.2, 0.25) is 0 Å². The van der Waals surface area contributed by atoms with Gasteiger partial charge < -0.3 is 10.1 Å². The monoisotopic (exact) mass is 221 g/mol. The Hall–Kier alpha value is -0.340. The van der Waals surface area contributed by atoms with E-state index in [1.54, 1.807) is 0 Å². The summed E-state index contributed by atoms with van der Waals surface area (Å²) >= 11 is 0. The fourth-order valence-electron chi connectivity index (χ4n) is 3.79. The molecule has 0 heterocycles. The van der Waals surface area contributed by atoms with Crippen LogP contribution in [0, 0.1) is 17.8 Å². The summed E-state index contributed by atoms with van der Waals surface area (Å²) in [7, 11) is 1.84. The van der Waals surface area contributed by atoms with E-state index in [9.17, 15) is 0 Å². The van der Waals surface area contributed by atoms with Crippen molar-refractivity contribution in [2.75, 3.05) is 13.7 Å². The molecule has 3 rings (SSSR count). The summed E-state index contributed by atoms with van der Waals surface area (Å²) in [5, 5.41) is 3.76. The summed E-state index contributed by atoms with van der Waals surface area (Å²) < 4.78 is 5.41. The molecule has 0 radical (unpaired) electrons. The van der Waals surface area contributed by atoms with Crippen LogP contribution in [-0.4, -0.2) is 25.8 Å². The van der Waals surface area contributed by atoms with Gasteiger partial charge in [0.05, 0.1) is 6.10 Å². The maximum atomic E-state index is 5.41. The van der Waals surface area contributed by atoms with E-state index in [-0.39, 0.29) is 0 Å². The van der Waals surface area contributed by atoms with E-state index in [0.29, 0.717) is 12.1 Å². The standard InChI is InChI=1S/C14H23NO/c1-16-14-5-4-13(8-14)15-9-12-7-10-2-3-11(12)6-10/h2-3,10-15H,4-9H2,1H3. The lowest BCUT2D eigenvalue weighted by atomic mass is 9.93. The number of ether oxygens (including phenoxy) is 1. The highest BCUT2D eigenvalue weighted by Crippen LogP contribution is 2.43. The summed E-state index contributed by atoms with van der Waals surface area (Å²) in [4.78, 5) is 0. The van der Waals surface area contributed by atoms with Gasteiger partial charge in [-0.25, -0.2) is 0 Å². The zero-order valence-electron chi connectivity index (χ0n) is 10.2. The molecule has 0 saturated heterocycles. The van der Waals surface area contributed by atoms with Gasteiger partial charge in [-0.3, -0.25) is 0 Å². The molecular weight excluding hydrogens is 198 g/mol. The van der Waals surface area contributed by atoms with E-state index in [0.717, 1.165) is 17.8 Å². The highest BCUT2D eigenvalue weighted by atomic mass is 16.5. The molecule has 2 saturated carbocycles. The second-order valence-corrected chi connectivity index (χ2v) is 5.82. The van der Waals surface area contributed by atoms with Gasteiger partial charge in [-0.05, 0) is 56.4 Å². The minimum atomic E-state index is 0.512. The lowest BCUT2D eigenvalue weighted by Gasteiger charge is -2.21. The van der Waals surface area contributed by atoms with Gasteiger partial charge >= 0.3 is 0 Å². The molecule has 0 aliphatic heterocycles. The molecule has 5 atom stereocenters. The molecule has 3 aliphatic carbocycles. The van der Waals surface area contributed by atoms with Gasteiger partial charge in [0.15, 0.2) is 0 Å². The predicted molar refractivity (Wildman–Crippen MR) is 65.3 cm³/mol. The van der Waals surface area contributed by atoms with Crippen LogP contribution in [0.5, 0.6) is 0 Å². The first kappa shape index (κ1) is 10.8. The first-order chi connectivity index (χ1) is 7.85.